The molecule has 174 valence electrons. The molecule has 1 unspecified atom stereocenters. The zero-order chi connectivity index (χ0) is 24.1. The minimum absolute atomic E-state index is 0.0633. The molecule has 1 aliphatic heterocycles. The van der Waals surface area contributed by atoms with Crippen molar-refractivity contribution in [3.8, 4) is 11.5 Å². The van der Waals surface area contributed by atoms with Crippen molar-refractivity contribution in [3.05, 3.63) is 101 Å². The maximum Gasteiger partial charge on any atom is 0.295 e. The second kappa shape index (κ2) is 10.3. The number of aliphatic hydroxyl groups excluding tert-OH is 1. The highest BCUT2D eigenvalue weighted by Gasteiger charge is 2.46. The molecule has 3 aromatic carbocycles. The number of likely N-dealkylation sites (tertiary alicyclic amines) is 1. The lowest BCUT2D eigenvalue weighted by Gasteiger charge is -2.25. The minimum atomic E-state index is -0.734. The van der Waals surface area contributed by atoms with Crippen LogP contribution in [0.1, 0.15) is 36.1 Å². The van der Waals surface area contributed by atoms with E-state index in [9.17, 15) is 14.7 Å². The Balaban J connectivity index is 1.79. The van der Waals surface area contributed by atoms with Gasteiger partial charge in [0.25, 0.3) is 11.7 Å². The molecule has 0 bridgehead atoms. The molecule has 1 saturated heterocycles. The van der Waals surface area contributed by atoms with Gasteiger partial charge in [-0.1, -0.05) is 49.4 Å². The third-order valence-corrected chi connectivity index (χ3v) is 5.77. The second-order valence-electron chi connectivity index (χ2n) is 8.06. The Hall–Kier alpha value is -4.06. The van der Waals surface area contributed by atoms with E-state index < -0.39 is 17.7 Å². The Morgan fingerprint density at radius 3 is 2.18 bits per heavy atom. The molecule has 1 fully saturated rings. The summed E-state index contributed by atoms with van der Waals surface area (Å²) in [6.45, 7) is 2.87. The van der Waals surface area contributed by atoms with Crippen LogP contribution in [0.25, 0.3) is 5.76 Å². The molecule has 6 nitrogen and oxygen atoms in total. The molecule has 34 heavy (non-hydrogen) atoms. The molecule has 0 aliphatic carbocycles. The van der Waals surface area contributed by atoms with E-state index in [0.717, 1.165) is 12.0 Å². The molecular formula is C28H27NO5. The van der Waals surface area contributed by atoms with Crippen molar-refractivity contribution in [2.75, 3.05) is 13.7 Å². The maximum absolute atomic E-state index is 13.2. The Morgan fingerprint density at radius 1 is 0.912 bits per heavy atom. The smallest absolute Gasteiger partial charge is 0.295 e. The number of rotatable bonds is 8. The highest BCUT2D eigenvalue weighted by Crippen LogP contribution is 2.40. The van der Waals surface area contributed by atoms with Gasteiger partial charge in [0.2, 0.25) is 0 Å². The molecule has 6 heteroatoms. The van der Waals surface area contributed by atoms with Crippen LogP contribution in [0.4, 0.5) is 0 Å². The normalized spacial score (nSPS) is 17.1. The molecule has 1 atom stereocenters. The van der Waals surface area contributed by atoms with Crippen LogP contribution in [-0.4, -0.2) is 35.4 Å². The molecule has 1 heterocycles. The van der Waals surface area contributed by atoms with Crippen LogP contribution < -0.4 is 9.47 Å². The van der Waals surface area contributed by atoms with Gasteiger partial charge in [-0.2, -0.15) is 0 Å². The topological polar surface area (TPSA) is 76.1 Å². The number of carbonyl (C=O) groups is 2. The molecule has 0 saturated carbocycles. The molecule has 0 aromatic heterocycles. The number of carbonyl (C=O) groups excluding carboxylic acids is 2. The van der Waals surface area contributed by atoms with Gasteiger partial charge in [0.1, 0.15) is 17.3 Å². The van der Waals surface area contributed by atoms with Gasteiger partial charge in [-0.15, -0.1) is 0 Å². The minimum Gasteiger partial charge on any atom is -0.507 e. The summed E-state index contributed by atoms with van der Waals surface area (Å²) in [7, 11) is 1.55. The largest absolute Gasteiger partial charge is 0.507 e. The van der Waals surface area contributed by atoms with Gasteiger partial charge in [-0.25, -0.2) is 0 Å². The van der Waals surface area contributed by atoms with Gasteiger partial charge >= 0.3 is 0 Å². The van der Waals surface area contributed by atoms with E-state index in [1.54, 1.807) is 31.4 Å². The maximum atomic E-state index is 13.2. The monoisotopic (exact) mass is 457 g/mol. The average Bonchev–Trinajstić information content (AvgIpc) is 3.13. The first-order valence-corrected chi connectivity index (χ1v) is 11.2. The van der Waals surface area contributed by atoms with Crippen LogP contribution in [0.15, 0.2) is 84.4 Å². The molecule has 3 aromatic rings. The van der Waals surface area contributed by atoms with Crippen molar-refractivity contribution in [2.45, 2.75) is 25.9 Å². The van der Waals surface area contributed by atoms with Crippen molar-refractivity contribution >= 4 is 17.4 Å². The summed E-state index contributed by atoms with van der Waals surface area (Å²) in [5.74, 6) is -0.232. The Morgan fingerprint density at radius 2 is 1.56 bits per heavy atom. The fraction of sp³-hybridized carbons (Fsp3) is 0.214. The van der Waals surface area contributed by atoms with Crippen LogP contribution in [0.5, 0.6) is 11.5 Å². The standard InChI is InChI=1S/C28H27NO5/c1-3-17-34-23-15-9-20(10-16-23)25-24(26(30)21-11-13-22(33-2)14-12-21)27(31)28(32)29(25)18-19-7-5-4-6-8-19/h4-16,25,30H,3,17-18H2,1-2H3. The van der Waals surface area contributed by atoms with Crippen LogP contribution in [-0.2, 0) is 16.1 Å². The number of methoxy groups -OCH3 is 1. The van der Waals surface area contributed by atoms with Crippen LogP contribution in [0, 0.1) is 0 Å². The molecular weight excluding hydrogens is 430 g/mol. The predicted octanol–water partition coefficient (Wildman–Crippen LogP) is 5.11. The van der Waals surface area contributed by atoms with E-state index in [1.807, 2.05) is 61.5 Å². The molecule has 0 radical (unpaired) electrons. The number of Topliss-reactive ketones (excluding diaryl/α,β-unsaturated/α-hetero) is 1. The summed E-state index contributed by atoms with van der Waals surface area (Å²) in [5.41, 5.74) is 2.11. The van der Waals surface area contributed by atoms with E-state index in [0.29, 0.717) is 29.2 Å². The first kappa shape index (κ1) is 23.1. The summed E-state index contributed by atoms with van der Waals surface area (Å²) < 4.78 is 10.9. The van der Waals surface area contributed by atoms with E-state index >= 15 is 0 Å². The van der Waals surface area contributed by atoms with Gasteiger partial charge in [0.05, 0.1) is 25.3 Å². The van der Waals surface area contributed by atoms with Crippen LogP contribution >= 0.6 is 0 Å². The summed E-state index contributed by atoms with van der Waals surface area (Å²) in [6, 6.07) is 22.8. The Bertz CT molecular complexity index is 1180. The van der Waals surface area contributed by atoms with Gasteiger partial charge in [-0.3, -0.25) is 9.59 Å². The van der Waals surface area contributed by atoms with E-state index in [4.69, 9.17) is 9.47 Å². The van der Waals surface area contributed by atoms with Gasteiger partial charge in [0.15, 0.2) is 0 Å². The predicted molar refractivity (Wildman–Crippen MR) is 130 cm³/mol. The first-order valence-electron chi connectivity index (χ1n) is 11.2. The molecule has 1 N–H and O–H groups in total. The number of benzene rings is 3. The first-order chi connectivity index (χ1) is 16.5. The third-order valence-electron chi connectivity index (χ3n) is 5.77. The molecule has 4 rings (SSSR count). The third kappa shape index (κ3) is 4.66. The van der Waals surface area contributed by atoms with Crippen molar-refractivity contribution in [2.24, 2.45) is 0 Å². The number of nitrogens with zero attached hydrogens (tertiary/aromatic N) is 1. The average molecular weight is 458 g/mol. The van der Waals surface area contributed by atoms with Crippen LogP contribution in [0.2, 0.25) is 0 Å². The highest BCUT2D eigenvalue weighted by atomic mass is 16.5. The summed E-state index contributed by atoms with van der Waals surface area (Å²) in [5, 5.41) is 11.2. The van der Waals surface area contributed by atoms with Crippen molar-refractivity contribution in [3.63, 3.8) is 0 Å². The fourth-order valence-electron chi connectivity index (χ4n) is 4.04. The van der Waals surface area contributed by atoms with Gasteiger partial charge in [-0.05, 0) is 53.9 Å². The molecule has 0 spiro atoms. The zero-order valence-electron chi connectivity index (χ0n) is 19.2. The van der Waals surface area contributed by atoms with E-state index in [-0.39, 0.29) is 17.9 Å². The lowest BCUT2D eigenvalue weighted by molar-refractivity contribution is -0.140. The summed E-state index contributed by atoms with van der Waals surface area (Å²) in [4.78, 5) is 27.8. The quantitative estimate of drug-likeness (QED) is 0.289. The second-order valence-corrected chi connectivity index (χ2v) is 8.06. The SMILES string of the molecule is CCCOc1ccc(C2C(=C(O)c3ccc(OC)cc3)C(=O)C(=O)N2Cc2ccccc2)cc1. The lowest BCUT2D eigenvalue weighted by atomic mass is 9.95. The van der Waals surface area contributed by atoms with Crippen molar-refractivity contribution < 1.29 is 24.2 Å². The van der Waals surface area contributed by atoms with Gasteiger partial charge < -0.3 is 19.5 Å². The lowest BCUT2D eigenvalue weighted by Crippen LogP contribution is -2.29. The summed E-state index contributed by atoms with van der Waals surface area (Å²) >= 11 is 0. The Labute approximate surface area is 199 Å². The number of hydrogen-bond donors (Lipinski definition) is 1. The number of aliphatic hydroxyl groups is 1. The molecule has 1 aliphatic rings. The van der Waals surface area contributed by atoms with E-state index in [1.165, 1.54) is 4.90 Å². The number of ketones is 1. The van der Waals surface area contributed by atoms with Crippen molar-refractivity contribution in [1.29, 1.82) is 0 Å². The molecule has 1 amide bonds. The number of hydrogen-bond acceptors (Lipinski definition) is 5. The fourth-order valence-corrected chi connectivity index (χ4v) is 4.04. The van der Waals surface area contributed by atoms with Crippen molar-refractivity contribution in [1.82, 2.24) is 4.90 Å². The van der Waals surface area contributed by atoms with Gasteiger partial charge in [0, 0.05) is 12.1 Å². The number of amides is 1. The van der Waals surface area contributed by atoms with E-state index in [2.05, 4.69) is 0 Å². The Kier molecular flexibility index (Phi) is 6.97. The highest BCUT2D eigenvalue weighted by molar-refractivity contribution is 6.46. The number of ether oxygens (including phenoxy) is 2. The zero-order valence-corrected chi connectivity index (χ0v) is 19.2. The van der Waals surface area contributed by atoms with Crippen LogP contribution in [0.3, 0.4) is 0 Å². The summed E-state index contributed by atoms with van der Waals surface area (Å²) in [6.07, 6.45) is 0.890.